The lowest BCUT2D eigenvalue weighted by Crippen LogP contribution is -2.39. The van der Waals surface area contributed by atoms with E-state index in [-0.39, 0.29) is 17.8 Å². The molecule has 2 rings (SSSR count). The number of nitrogen functional groups attached to an aromatic ring is 1. The molecule has 2 N–H and O–H groups in total. The molecule has 1 aliphatic rings. The average Bonchev–Trinajstić information content (AvgIpc) is 3.02. The Morgan fingerprint density at radius 1 is 1.45 bits per heavy atom. The number of anilines is 1. The number of hydrogen-bond acceptors (Lipinski definition) is 8. The lowest BCUT2D eigenvalue weighted by molar-refractivity contribution is -0.0669. The van der Waals surface area contributed by atoms with Gasteiger partial charge < -0.3 is 19.7 Å². The van der Waals surface area contributed by atoms with Gasteiger partial charge >= 0.3 is 12.5 Å². The Balaban J connectivity index is 2.49. The van der Waals surface area contributed by atoms with Crippen LogP contribution in [0.4, 0.5) is 5.82 Å². The molecule has 1 aromatic heterocycles. The topological polar surface area (TPSA) is 115 Å². The molecule has 0 amide bonds. The lowest BCUT2D eigenvalue weighted by Gasteiger charge is -2.33. The highest BCUT2D eigenvalue weighted by molar-refractivity contribution is 8.44. The van der Waals surface area contributed by atoms with Crippen LogP contribution in [-0.2, 0) is 23.1 Å². The van der Waals surface area contributed by atoms with E-state index in [2.05, 4.69) is 43.9 Å². The number of rotatable bonds is 11. The zero-order valence-corrected chi connectivity index (χ0v) is 20.2. The molecule has 174 valence electrons. The molecule has 9 nitrogen and oxygen atoms in total. The van der Waals surface area contributed by atoms with Gasteiger partial charge in [-0.2, -0.15) is 4.98 Å². The Kier molecular flexibility index (Phi) is 9.19. The van der Waals surface area contributed by atoms with E-state index >= 15 is 0 Å². The smallest absolute Gasteiger partial charge is 0.383 e. The van der Waals surface area contributed by atoms with Gasteiger partial charge in [-0.3, -0.25) is 9.09 Å². The summed E-state index contributed by atoms with van der Waals surface area (Å²) in [5.41, 5.74) is 4.95. The van der Waals surface area contributed by atoms with Crippen LogP contribution in [0.1, 0.15) is 52.7 Å². The Morgan fingerprint density at radius 3 is 2.71 bits per heavy atom. The van der Waals surface area contributed by atoms with E-state index in [0.29, 0.717) is 6.42 Å². The van der Waals surface area contributed by atoms with Crippen LogP contribution < -0.4 is 11.4 Å². The highest BCUT2D eigenvalue weighted by Crippen LogP contribution is 2.56. The number of terminal acetylenes is 1. The van der Waals surface area contributed by atoms with E-state index < -0.39 is 37.0 Å². The predicted molar refractivity (Wildman–Crippen MR) is 122 cm³/mol. The second-order valence-electron chi connectivity index (χ2n) is 7.93. The van der Waals surface area contributed by atoms with Crippen LogP contribution in [0.2, 0.25) is 0 Å². The number of thiol groups is 1. The third-order valence-corrected chi connectivity index (χ3v) is 7.40. The van der Waals surface area contributed by atoms with Crippen LogP contribution in [0.15, 0.2) is 17.1 Å². The molecule has 1 aromatic rings. The van der Waals surface area contributed by atoms with E-state index in [1.165, 1.54) is 23.9 Å². The summed E-state index contributed by atoms with van der Waals surface area (Å²) in [4.78, 5) is 16.3. The van der Waals surface area contributed by atoms with E-state index in [1.807, 2.05) is 0 Å². The molecule has 0 aliphatic carbocycles. The maximum atomic E-state index is 12.6. The third-order valence-electron chi connectivity index (χ3n) is 5.66. The summed E-state index contributed by atoms with van der Waals surface area (Å²) in [5.74, 6) is 2.49. The maximum Gasteiger partial charge on any atom is 0.386 e. The average molecular weight is 474 g/mol. The molecule has 1 aliphatic heterocycles. The summed E-state index contributed by atoms with van der Waals surface area (Å²) < 4.78 is 36.7. The first-order valence-corrected chi connectivity index (χ1v) is 12.9. The van der Waals surface area contributed by atoms with Crippen molar-refractivity contribution < 1.29 is 23.1 Å². The SMILES string of the molecule is C#CCOC1C(OP(=O)(S)OC)C(CC(C)(CC)CCC)OC1n1ccc(N)nc1=O. The summed E-state index contributed by atoms with van der Waals surface area (Å²) in [6.45, 7) is 2.63. The van der Waals surface area contributed by atoms with Gasteiger partial charge in [-0.25, -0.2) is 9.36 Å². The number of aromatic nitrogens is 2. The zero-order chi connectivity index (χ0) is 23.2. The Labute approximate surface area is 188 Å². The lowest BCUT2D eigenvalue weighted by atomic mass is 9.77. The van der Waals surface area contributed by atoms with Crippen molar-refractivity contribution in [2.45, 2.75) is 71.0 Å². The van der Waals surface area contributed by atoms with Crippen molar-refractivity contribution in [3.8, 4) is 12.3 Å². The summed E-state index contributed by atoms with van der Waals surface area (Å²) in [5, 5.41) is 0. The van der Waals surface area contributed by atoms with Crippen molar-refractivity contribution in [2.24, 2.45) is 5.41 Å². The molecule has 0 saturated carbocycles. The molecular formula is C20H32N3O6PS. The van der Waals surface area contributed by atoms with Crippen molar-refractivity contribution in [3.63, 3.8) is 0 Å². The molecule has 0 aromatic carbocycles. The van der Waals surface area contributed by atoms with E-state index in [1.54, 1.807) is 0 Å². The zero-order valence-electron chi connectivity index (χ0n) is 18.4. The molecule has 1 fully saturated rings. The summed E-state index contributed by atoms with van der Waals surface area (Å²) in [6.07, 6.45) is 7.17. The molecule has 0 spiro atoms. The van der Waals surface area contributed by atoms with Gasteiger partial charge in [-0.05, 0) is 24.3 Å². The summed E-state index contributed by atoms with van der Waals surface area (Å²) in [7, 11) is 1.25. The van der Waals surface area contributed by atoms with Gasteiger partial charge in [0.25, 0.3) is 0 Å². The molecule has 11 heteroatoms. The summed E-state index contributed by atoms with van der Waals surface area (Å²) >= 11 is 4.02. The minimum atomic E-state index is -3.70. The number of hydrogen-bond donors (Lipinski definition) is 2. The second kappa shape index (κ2) is 11.0. The number of nitrogens with zero attached hydrogens (tertiary/aromatic N) is 2. The van der Waals surface area contributed by atoms with Gasteiger partial charge in [0.2, 0.25) is 0 Å². The molecule has 0 radical (unpaired) electrons. The van der Waals surface area contributed by atoms with E-state index in [0.717, 1.165) is 19.3 Å². The van der Waals surface area contributed by atoms with Crippen molar-refractivity contribution >= 4 is 24.9 Å². The fourth-order valence-corrected chi connectivity index (χ4v) is 4.85. The first-order chi connectivity index (χ1) is 14.6. The minimum absolute atomic E-state index is 0.0574. The van der Waals surface area contributed by atoms with Crippen LogP contribution in [0.3, 0.4) is 0 Å². The van der Waals surface area contributed by atoms with Gasteiger partial charge in [0.15, 0.2) is 6.23 Å². The Morgan fingerprint density at radius 2 is 2.16 bits per heavy atom. The monoisotopic (exact) mass is 473 g/mol. The van der Waals surface area contributed by atoms with Crippen molar-refractivity contribution in [3.05, 3.63) is 22.7 Å². The first kappa shape index (κ1) is 25.9. The van der Waals surface area contributed by atoms with Crippen molar-refractivity contribution in [2.75, 3.05) is 19.5 Å². The molecule has 0 bridgehead atoms. The fraction of sp³-hybridized carbons (Fsp3) is 0.700. The molecule has 31 heavy (non-hydrogen) atoms. The predicted octanol–water partition coefficient (Wildman–Crippen LogP) is 3.42. The highest BCUT2D eigenvalue weighted by atomic mass is 32.7. The van der Waals surface area contributed by atoms with Crippen molar-refractivity contribution in [1.82, 2.24) is 9.55 Å². The largest absolute Gasteiger partial charge is 0.386 e. The second-order valence-corrected chi connectivity index (χ2v) is 10.9. The van der Waals surface area contributed by atoms with Gasteiger partial charge in [0.05, 0.1) is 6.10 Å². The summed E-state index contributed by atoms with van der Waals surface area (Å²) in [6, 6.07) is 1.48. The van der Waals surface area contributed by atoms with Crippen LogP contribution in [0.5, 0.6) is 0 Å². The van der Waals surface area contributed by atoms with E-state index in [4.69, 9.17) is 30.7 Å². The Bertz CT molecular complexity index is 890. The highest BCUT2D eigenvalue weighted by Gasteiger charge is 2.51. The quantitative estimate of drug-likeness (QED) is 0.285. The van der Waals surface area contributed by atoms with E-state index in [9.17, 15) is 9.36 Å². The van der Waals surface area contributed by atoms with Gasteiger partial charge in [0.1, 0.15) is 24.6 Å². The first-order valence-electron chi connectivity index (χ1n) is 10.2. The van der Waals surface area contributed by atoms with Gasteiger partial charge in [-0.1, -0.05) is 51.8 Å². The molecular weight excluding hydrogens is 441 g/mol. The minimum Gasteiger partial charge on any atom is -0.383 e. The van der Waals surface area contributed by atoms with Crippen LogP contribution >= 0.6 is 19.0 Å². The van der Waals surface area contributed by atoms with Gasteiger partial charge in [0, 0.05) is 13.3 Å². The molecule has 6 atom stereocenters. The van der Waals surface area contributed by atoms with Gasteiger partial charge in [-0.15, -0.1) is 6.42 Å². The third kappa shape index (κ3) is 6.58. The molecule has 6 unspecified atom stereocenters. The van der Waals surface area contributed by atoms with Crippen molar-refractivity contribution in [1.29, 1.82) is 0 Å². The maximum absolute atomic E-state index is 12.6. The molecule has 2 heterocycles. The standard InChI is InChI=1S/C20H32N3O6PS/c1-6-10-20(4,8-3)13-14-16(29-30(25,31)26-5)17(27-12-7-2)18(28-14)23-11-9-15(21)22-19(23)24/h2,9,11,14,16-18H,6,8,10,12-13H2,1,3-5H3,(H,25,31)(H2,21,22,24). The Hall–Kier alpha value is -1.34. The molecule has 1 saturated heterocycles. The van der Waals surface area contributed by atoms with Crippen LogP contribution in [0, 0.1) is 17.8 Å². The normalized spacial score (nSPS) is 27.4. The number of nitrogens with two attached hydrogens (primary N) is 1. The van der Waals surface area contributed by atoms with Crippen LogP contribution in [-0.4, -0.2) is 41.6 Å². The number of ether oxygens (including phenoxy) is 2. The fourth-order valence-electron chi connectivity index (χ4n) is 3.87. The van der Waals surface area contributed by atoms with Crippen LogP contribution in [0.25, 0.3) is 0 Å².